The lowest BCUT2D eigenvalue weighted by molar-refractivity contribution is -0.211. The van der Waals surface area contributed by atoms with Gasteiger partial charge < -0.3 is 15.2 Å². The lowest BCUT2D eigenvalue weighted by atomic mass is 10.1. The van der Waals surface area contributed by atoms with Crippen molar-refractivity contribution in [3.8, 4) is 0 Å². The van der Waals surface area contributed by atoms with Crippen molar-refractivity contribution in [2.24, 2.45) is 10.7 Å². The van der Waals surface area contributed by atoms with Gasteiger partial charge in [0.2, 0.25) is 5.91 Å². The van der Waals surface area contributed by atoms with Gasteiger partial charge in [-0.25, -0.2) is 9.98 Å². The standard InChI is InChI=1S/C23H17ClN4O3/c24-16-7-4-14(5-8-16)11-17-12-18(19-3-1-2-10-28(17)19)21(29)23(31)27-20-9-6-15(13-26-20)22(25)30/h1-10,12-13H,11H2,(H2,25,30)(H,26,27,31)/p-1. The molecule has 0 aliphatic heterocycles. The van der Waals surface area contributed by atoms with Gasteiger partial charge in [0.15, 0.2) is 11.6 Å². The average molecular weight is 432 g/mol. The van der Waals surface area contributed by atoms with E-state index in [1.165, 1.54) is 18.3 Å². The number of carbonyl (C=O) groups excluding carboxylic acids is 2. The highest BCUT2D eigenvalue weighted by atomic mass is 35.5. The van der Waals surface area contributed by atoms with E-state index in [0.717, 1.165) is 11.3 Å². The third-order valence-electron chi connectivity index (χ3n) is 4.74. The van der Waals surface area contributed by atoms with Gasteiger partial charge in [0.1, 0.15) is 0 Å². The van der Waals surface area contributed by atoms with Crippen LogP contribution in [-0.2, 0) is 6.42 Å². The van der Waals surface area contributed by atoms with Gasteiger partial charge in [-0.3, -0.25) is 9.59 Å². The number of carbonyl (C=O) groups is 2. The number of rotatable bonds is 6. The Labute approximate surface area is 182 Å². The van der Waals surface area contributed by atoms with Crippen LogP contribution in [0.2, 0.25) is 5.02 Å². The zero-order chi connectivity index (χ0) is 22.0. The Morgan fingerprint density at radius 2 is 1.87 bits per heavy atom. The maximum absolute atomic E-state index is 12.9. The molecule has 0 spiro atoms. The van der Waals surface area contributed by atoms with Crippen LogP contribution < -0.4 is 10.8 Å². The first-order valence-corrected chi connectivity index (χ1v) is 9.70. The largest absolute Gasteiger partial charge is 0.856 e. The second kappa shape index (κ2) is 8.41. The highest BCUT2D eigenvalue weighted by molar-refractivity contribution is 6.43. The summed E-state index contributed by atoms with van der Waals surface area (Å²) in [6.45, 7) is 0. The normalized spacial score (nSPS) is 11.6. The van der Waals surface area contributed by atoms with Crippen LogP contribution in [-0.4, -0.2) is 27.0 Å². The fraction of sp³-hybridized carbons (Fsp3) is 0.0435. The van der Waals surface area contributed by atoms with Gasteiger partial charge in [-0.05, 0) is 48.0 Å². The monoisotopic (exact) mass is 431 g/mol. The Kier molecular flexibility index (Phi) is 5.51. The van der Waals surface area contributed by atoms with Crippen molar-refractivity contribution in [1.82, 2.24) is 9.38 Å². The molecule has 0 aliphatic rings. The fourth-order valence-corrected chi connectivity index (χ4v) is 3.35. The molecule has 1 amide bonds. The van der Waals surface area contributed by atoms with Gasteiger partial charge in [-0.15, -0.1) is 0 Å². The van der Waals surface area contributed by atoms with Gasteiger partial charge in [0.05, 0.1) is 11.1 Å². The van der Waals surface area contributed by atoms with Crippen LogP contribution in [0.5, 0.6) is 0 Å². The zero-order valence-electron chi connectivity index (χ0n) is 16.2. The first-order chi connectivity index (χ1) is 14.9. The van der Waals surface area contributed by atoms with E-state index in [1.54, 1.807) is 30.3 Å². The summed E-state index contributed by atoms with van der Waals surface area (Å²) in [5.41, 5.74) is 8.08. The molecule has 0 bridgehead atoms. The van der Waals surface area contributed by atoms with Crippen LogP contribution in [0.4, 0.5) is 5.82 Å². The lowest BCUT2D eigenvalue weighted by Crippen LogP contribution is -2.27. The Balaban J connectivity index is 1.67. The molecule has 2 N–H and O–H groups in total. The molecule has 3 aromatic heterocycles. The van der Waals surface area contributed by atoms with E-state index in [9.17, 15) is 14.7 Å². The topological polar surface area (TPSA) is 113 Å². The second-order valence-corrected chi connectivity index (χ2v) is 7.26. The van der Waals surface area contributed by atoms with Gasteiger partial charge >= 0.3 is 0 Å². The number of nitrogens with two attached hydrogens (primary N) is 1. The molecule has 0 fully saturated rings. The number of fused-ring (bicyclic) bond motifs is 1. The number of nitrogens with zero attached hydrogens (tertiary/aromatic N) is 3. The van der Waals surface area contributed by atoms with E-state index < -0.39 is 17.6 Å². The van der Waals surface area contributed by atoms with Crippen molar-refractivity contribution in [3.05, 3.63) is 100 Å². The SMILES string of the molecule is NC(=O)c1ccc(N=C([O-])C(=O)c2cc(Cc3ccc(Cl)cc3)n3ccccc23)nc1. The zero-order valence-corrected chi connectivity index (χ0v) is 16.9. The number of hydrogen-bond donors (Lipinski definition) is 1. The Morgan fingerprint density at radius 1 is 1.10 bits per heavy atom. The van der Waals surface area contributed by atoms with Crippen LogP contribution in [0.1, 0.15) is 32.0 Å². The molecule has 0 aliphatic carbocycles. The average Bonchev–Trinajstić information content (AvgIpc) is 3.13. The maximum atomic E-state index is 12.9. The minimum atomic E-state index is -0.950. The summed E-state index contributed by atoms with van der Waals surface area (Å²) in [6.07, 6.45) is 3.59. The summed E-state index contributed by atoms with van der Waals surface area (Å²) in [5, 5.41) is 13.2. The van der Waals surface area contributed by atoms with Crippen LogP contribution in [0.15, 0.2) is 78.0 Å². The predicted octanol–water partition coefficient (Wildman–Crippen LogP) is 2.95. The van der Waals surface area contributed by atoms with Gasteiger partial charge in [0.25, 0.3) is 0 Å². The molecule has 4 rings (SSSR count). The van der Waals surface area contributed by atoms with Gasteiger partial charge in [-0.1, -0.05) is 29.8 Å². The number of pyridine rings is 2. The first kappa shape index (κ1) is 20.3. The van der Waals surface area contributed by atoms with Crippen LogP contribution in [0, 0.1) is 0 Å². The molecular formula is C23H16ClN4O3-. The Hall–Kier alpha value is -3.97. The van der Waals surface area contributed by atoms with Crippen molar-refractivity contribution in [3.63, 3.8) is 0 Å². The van der Waals surface area contributed by atoms with Crippen molar-refractivity contribution in [1.29, 1.82) is 0 Å². The fourth-order valence-electron chi connectivity index (χ4n) is 3.22. The third-order valence-corrected chi connectivity index (χ3v) is 4.99. The third kappa shape index (κ3) is 4.31. The molecule has 7 nitrogen and oxygen atoms in total. The second-order valence-electron chi connectivity index (χ2n) is 6.82. The summed E-state index contributed by atoms with van der Waals surface area (Å²) < 4.78 is 1.87. The molecule has 0 radical (unpaired) electrons. The number of Topliss-reactive ketones (excluding diaryl/α,β-unsaturated/α-hetero) is 1. The van der Waals surface area contributed by atoms with E-state index in [-0.39, 0.29) is 16.9 Å². The van der Waals surface area contributed by atoms with Crippen LogP contribution in [0.3, 0.4) is 0 Å². The molecule has 0 atom stereocenters. The number of amides is 1. The number of aromatic nitrogens is 2. The number of halogens is 1. The highest BCUT2D eigenvalue weighted by Crippen LogP contribution is 2.22. The molecule has 8 heteroatoms. The summed E-state index contributed by atoms with van der Waals surface area (Å²) in [6, 6.07) is 17.3. The van der Waals surface area contributed by atoms with Crippen molar-refractivity contribution >= 4 is 40.5 Å². The Bertz CT molecular complexity index is 1310. The number of primary amides is 1. The number of hydrogen-bond acceptors (Lipinski definition) is 5. The smallest absolute Gasteiger partial charge is 0.250 e. The number of ketones is 1. The molecule has 0 unspecified atom stereocenters. The van der Waals surface area contributed by atoms with Crippen molar-refractivity contribution < 1.29 is 14.7 Å². The summed E-state index contributed by atoms with van der Waals surface area (Å²) in [4.78, 5) is 31.7. The minimum absolute atomic E-state index is 0.0215. The number of benzene rings is 1. The summed E-state index contributed by atoms with van der Waals surface area (Å²) in [5.74, 6) is -2.32. The quantitative estimate of drug-likeness (QED) is 0.287. The molecule has 0 saturated heterocycles. The van der Waals surface area contributed by atoms with Gasteiger partial charge in [-0.2, -0.15) is 0 Å². The molecule has 4 aromatic rings. The summed E-state index contributed by atoms with van der Waals surface area (Å²) >= 11 is 5.96. The molecule has 0 saturated carbocycles. The van der Waals surface area contributed by atoms with Crippen LogP contribution in [0.25, 0.3) is 5.52 Å². The Morgan fingerprint density at radius 3 is 2.55 bits per heavy atom. The maximum Gasteiger partial charge on any atom is 0.250 e. The van der Waals surface area contributed by atoms with E-state index in [4.69, 9.17) is 17.3 Å². The molecular weight excluding hydrogens is 416 g/mol. The molecule has 154 valence electrons. The van der Waals surface area contributed by atoms with Crippen molar-refractivity contribution in [2.75, 3.05) is 0 Å². The summed E-state index contributed by atoms with van der Waals surface area (Å²) in [7, 11) is 0. The van der Waals surface area contributed by atoms with E-state index in [1.807, 2.05) is 28.8 Å². The van der Waals surface area contributed by atoms with E-state index >= 15 is 0 Å². The lowest BCUT2D eigenvalue weighted by Gasteiger charge is -2.08. The minimum Gasteiger partial charge on any atom is -0.856 e. The number of aliphatic imine (C=N–C) groups is 1. The van der Waals surface area contributed by atoms with Crippen molar-refractivity contribution in [2.45, 2.75) is 6.42 Å². The van der Waals surface area contributed by atoms with E-state index in [0.29, 0.717) is 17.0 Å². The first-order valence-electron chi connectivity index (χ1n) is 9.32. The highest BCUT2D eigenvalue weighted by Gasteiger charge is 2.16. The molecule has 1 aromatic carbocycles. The van der Waals surface area contributed by atoms with Crippen LogP contribution >= 0.6 is 11.6 Å². The molecule has 31 heavy (non-hydrogen) atoms. The van der Waals surface area contributed by atoms with E-state index in [2.05, 4.69) is 9.98 Å². The van der Waals surface area contributed by atoms with Gasteiger partial charge in [0, 0.05) is 41.0 Å². The predicted molar refractivity (Wildman–Crippen MR) is 116 cm³/mol. The molecule has 3 heterocycles.